The highest BCUT2D eigenvalue weighted by molar-refractivity contribution is 6.32. The number of hydrazone groups is 1. The molecule has 2 N–H and O–H groups in total. The maximum atomic E-state index is 6.27. The number of aromatic nitrogens is 3. The summed E-state index contributed by atoms with van der Waals surface area (Å²) in [4.78, 5) is 11.9. The Kier molecular flexibility index (Phi) is 3.39. The molecule has 1 aliphatic rings. The van der Waals surface area contributed by atoms with Crippen LogP contribution in [-0.2, 0) is 0 Å². The number of fused-ring (bicyclic) bond motifs is 3. The molecular formula is C18H12ClN5O2. The number of benzene rings is 2. The molecule has 0 unspecified atom stereocenters. The van der Waals surface area contributed by atoms with Gasteiger partial charge in [-0.15, -0.1) is 0 Å². The molecule has 0 aliphatic carbocycles. The Labute approximate surface area is 152 Å². The monoisotopic (exact) mass is 365 g/mol. The fourth-order valence-electron chi connectivity index (χ4n) is 2.82. The topological polar surface area (TPSA) is 84.4 Å². The van der Waals surface area contributed by atoms with Crippen LogP contribution in [0.3, 0.4) is 0 Å². The molecule has 5 rings (SSSR count). The lowest BCUT2D eigenvalue weighted by atomic mass is 10.1. The van der Waals surface area contributed by atoms with E-state index in [-0.39, 0.29) is 6.79 Å². The van der Waals surface area contributed by atoms with E-state index in [1.807, 2.05) is 42.5 Å². The van der Waals surface area contributed by atoms with Gasteiger partial charge in [-0.25, -0.2) is 15.4 Å². The quantitative estimate of drug-likeness (QED) is 0.326. The first kappa shape index (κ1) is 15.0. The third kappa shape index (κ3) is 2.58. The predicted octanol–water partition coefficient (Wildman–Crippen LogP) is 3.94. The largest absolute Gasteiger partial charge is 0.454 e. The maximum Gasteiger partial charge on any atom is 0.231 e. The third-order valence-corrected chi connectivity index (χ3v) is 4.36. The maximum absolute atomic E-state index is 6.27. The number of ether oxygens (including phenoxy) is 2. The van der Waals surface area contributed by atoms with Crippen LogP contribution in [0.5, 0.6) is 11.5 Å². The lowest BCUT2D eigenvalue weighted by Gasteiger charge is -2.04. The van der Waals surface area contributed by atoms with Crippen molar-refractivity contribution in [3.05, 3.63) is 53.2 Å². The summed E-state index contributed by atoms with van der Waals surface area (Å²) in [5, 5.41) is 5.44. The molecule has 1 aliphatic heterocycles. The van der Waals surface area contributed by atoms with Crippen molar-refractivity contribution >= 4 is 45.7 Å². The zero-order valence-electron chi connectivity index (χ0n) is 13.4. The van der Waals surface area contributed by atoms with Crippen molar-refractivity contribution in [2.45, 2.75) is 0 Å². The van der Waals surface area contributed by atoms with Gasteiger partial charge in [0.25, 0.3) is 0 Å². The van der Waals surface area contributed by atoms with Gasteiger partial charge < -0.3 is 14.5 Å². The number of H-pyrrole nitrogens is 1. The van der Waals surface area contributed by atoms with Gasteiger partial charge in [-0.1, -0.05) is 23.7 Å². The summed E-state index contributed by atoms with van der Waals surface area (Å²) in [7, 11) is 0. The Morgan fingerprint density at radius 2 is 1.92 bits per heavy atom. The van der Waals surface area contributed by atoms with Crippen LogP contribution in [0.25, 0.3) is 21.9 Å². The molecule has 128 valence electrons. The number of nitrogens with one attached hydrogen (secondary N) is 2. The van der Waals surface area contributed by atoms with Crippen LogP contribution < -0.4 is 14.9 Å². The summed E-state index contributed by atoms with van der Waals surface area (Å²) in [6.07, 6.45) is 1.60. The number of hydrogen-bond acceptors (Lipinski definition) is 6. The second-order valence-electron chi connectivity index (χ2n) is 5.74. The molecule has 0 saturated carbocycles. The highest BCUT2D eigenvalue weighted by atomic mass is 35.5. The fourth-order valence-corrected chi connectivity index (χ4v) is 3.01. The molecule has 2 aromatic heterocycles. The Hall–Kier alpha value is -3.32. The molecule has 4 aromatic rings. The number of rotatable bonds is 3. The number of halogens is 1. The molecule has 0 saturated heterocycles. The summed E-state index contributed by atoms with van der Waals surface area (Å²) in [6.45, 7) is 0.217. The molecule has 26 heavy (non-hydrogen) atoms. The van der Waals surface area contributed by atoms with Crippen LogP contribution in [0, 0.1) is 0 Å². The highest BCUT2D eigenvalue weighted by Gasteiger charge is 2.15. The molecule has 8 heteroatoms. The van der Waals surface area contributed by atoms with E-state index in [4.69, 9.17) is 21.1 Å². The number of imidazole rings is 1. The highest BCUT2D eigenvalue weighted by Crippen LogP contribution is 2.36. The van der Waals surface area contributed by atoms with E-state index in [1.54, 1.807) is 6.21 Å². The van der Waals surface area contributed by atoms with Gasteiger partial charge in [0, 0.05) is 17.0 Å². The molecule has 2 aromatic carbocycles. The molecule has 0 radical (unpaired) electrons. The van der Waals surface area contributed by atoms with Crippen molar-refractivity contribution < 1.29 is 9.47 Å². The van der Waals surface area contributed by atoms with Crippen LogP contribution >= 0.6 is 11.6 Å². The van der Waals surface area contributed by atoms with E-state index in [9.17, 15) is 0 Å². The number of pyridine rings is 1. The SMILES string of the molecule is Clc1nc2cc3c(cc2cc1/C=N/Nc1nc2ccccc2[nH]1)OCO3. The van der Waals surface area contributed by atoms with Crippen LogP contribution in [0.2, 0.25) is 5.15 Å². The molecule has 0 bridgehead atoms. The van der Waals surface area contributed by atoms with Gasteiger partial charge >= 0.3 is 0 Å². The summed E-state index contributed by atoms with van der Waals surface area (Å²) in [5.41, 5.74) is 6.09. The van der Waals surface area contributed by atoms with Crippen LogP contribution in [-0.4, -0.2) is 28.0 Å². The van der Waals surface area contributed by atoms with E-state index in [0.717, 1.165) is 21.9 Å². The Morgan fingerprint density at radius 3 is 2.81 bits per heavy atom. The van der Waals surface area contributed by atoms with E-state index in [1.165, 1.54) is 0 Å². The second kappa shape index (κ2) is 5.89. The first-order chi connectivity index (χ1) is 12.8. The minimum Gasteiger partial charge on any atom is -0.454 e. The summed E-state index contributed by atoms with van der Waals surface area (Å²) in [6, 6.07) is 13.3. The molecule has 7 nitrogen and oxygen atoms in total. The van der Waals surface area contributed by atoms with E-state index in [0.29, 0.717) is 28.2 Å². The summed E-state index contributed by atoms with van der Waals surface area (Å²) >= 11 is 6.27. The molecule has 0 atom stereocenters. The van der Waals surface area contributed by atoms with Crippen molar-refractivity contribution in [2.24, 2.45) is 5.10 Å². The zero-order chi connectivity index (χ0) is 17.5. The molecule has 0 spiro atoms. The van der Waals surface area contributed by atoms with Gasteiger partial charge in [0.15, 0.2) is 11.5 Å². The normalized spacial score (nSPS) is 13.1. The van der Waals surface area contributed by atoms with E-state index < -0.39 is 0 Å². The number of para-hydroxylation sites is 2. The van der Waals surface area contributed by atoms with E-state index >= 15 is 0 Å². The Bertz CT molecular complexity index is 1140. The minimum absolute atomic E-state index is 0.217. The standard InChI is InChI=1S/C18H12ClN5O2/c19-17-11(5-10-6-15-16(26-9-25-15)7-14(10)21-17)8-20-24-18-22-12-3-1-2-4-13(12)23-18/h1-8H,9H2,(H2,22,23,24)/b20-8+. The molecular weight excluding hydrogens is 354 g/mol. The van der Waals surface area contributed by atoms with Gasteiger partial charge in [-0.3, -0.25) is 0 Å². The van der Waals surface area contributed by atoms with Crippen molar-refractivity contribution in [3.8, 4) is 11.5 Å². The van der Waals surface area contributed by atoms with Crippen LogP contribution in [0.1, 0.15) is 5.56 Å². The van der Waals surface area contributed by atoms with Crippen LogP contribution in [0.15, 0.2) is 47.6 Å². The predicted molar refractivity (Wildman–Crippen MR) is 100 cm³/mol. The molecule has 0 amide bonds. The van der Waals surface area contributed by atoms with Gasteiger partial charge in [-0.2, -0.15) is 5.10 Å². The van der Waals surface area contributed by atoms with Gasteiger partial charge in [0.05, 0.1) is 22.8 Å². The number of anilines is 1. The lowest BCUT2D eigenvalue weighted by molar-refractivity contribution is 0.174. The summed E-state index contributed by atoms with van der Waals surface area (Å²) < 4.78 is 10.8. The van der Waals surface area contributed by atoms with Crippen LogP contribution in [0.4, 0.5) is 5.95 Å². The average Bonchev–Trinajstić information content (AvgIpc) is 3.26. The molecule has 0 fully saturated rings. The summed E-state index contributed by atoms with van der Waals surface area (Å²) in [5.74, 6) is 1.93. The second-order valence-corrected chi connectivity index (χ2v) is 6.10. The average molecular weight is 366 g/mol. The van der Waals surface area contributed by atoms with Crippen molar-refractivity contribution in [2.75, 3.05) is 12.2 Å². The van der Waals surface area contributed by atoms with Gasteiger partial charge in [-0.05, 0) is 24.3 Å². The number of nitrogens with zero attached hydrogens (tertiary/aromatic N) is 3. The molecule has 3 heterocycles. The first-order valence-electron chi connectivity index (χ1n) is 7.90. The lowest BCUT2D eigenvalue weighted by Crippen LogP contribution is -1.94. The third-order valence-electron chi connectivity index (χ3n) is 4.05. The minimum atomic E-state index is 0.217. The van der Waals surface area contributed by atoms with Crippen molar-refractivity contribution in [1.29, 1.82) is 0 Å². The van der Waals surface area contributed by atoms with Crippen molar-refractivity contribution in [1.82, 2.24) is 15.0 Å². The van der Waals surface area contributed by atoms with Crippen molar-refractivity contribution in [3.63, 3.8) is 0 Å². The van der Waals surface area contributed by atoms with Gasteiger partial charge in [0.1, 0.15) is 5.15 Å². The fraction of sp³-hybridized carbons (Fsp3) is 0.0556. The number of hydrogen-bond donors (Lipinski definition) is 2. The zero-order valence-corrected chi connectivity index (χ0v) is 14.1. The first-order valence-corrected chi connectivity index (χ1v) is 8.28. The smallest absolute Gasteiger partial charge is 0.231 e. The Balaban J connectivity index is 1.43. The van der Waals surface area contributed by atoms with E-state index in [2.05, 4.69) is 25.5 Å². The Morgan fingerprint density at radius 1 is 1.08 bits per heavy atom. The number of aromatic amines is 1. The van der Waals surface area contributed by atoms with Gasteiger partial charge in [0.2, 0.25) is 12.7 Å².